The number of rotatable bonds is 5. The second kappa shape index (κ2) is 6.56. The Morgan fingerprint density at radius 2 is 1.78 bits per heavy atom. The number of hydrogen-bond acceptors (Lipinski definition) is 3. The highest BCUT2D eigenvalue weighted by atomic mass is 16.5. The lowest BCUT2D eigenvalue weighted by atomic mass is 9.93. The van der Waals surface area contributed by atoms with Crippen LogP contribution in [0.1, 0.15) is 54.2 Å². The molecule has 3 heteroatoms. The molecule has 0 aliphatic rings. The maximum Gasteiger partial charge on any atom is 0.134 e. The maximum absolute atomic E-state index is 6.03. The van der Waals surface area contributed by atoms with Gasteiger partial charge in [-0.05, 0) is 36.6 Å². The molecule has 1 aromatic heterocycles. The van der Waals surface area contributed by atoms with Gasteiger partial charge in [0.15, 0.2) is 0 Å². The minimum Gasteiger partial charge on any atom is -0.489 e. The van der Waals surface area contributed by atoms with Crippen LogP contribution in [0.25, 0.3) is 11.0 Å². The number of benzene rings is 1. The molecule has 1 heterocycles. The number of ether oxygens (including phenoxy) is 1. The summed E-state index contributed by atoms with van der Waals surface area (Å²) in [4.78, 5) is 0. The molecule has 0 fully saturated rings. The Kier molecular flexibility index (Phi) is 5.10. The minimum absolute atomic E-state index is 0.0181. The largest absolute Gasteiger partial charge is 0.489 e. The first-order valence-electron chi connectivity index (χ1n) is 8.46. The average molecular weight is 317 g/mol. The van der Waals surface area contributed by atoms with Crippen molar-refractivity contribution < 1.29 is 9.15 Å². The maximum atomic E-state index is 6.03. The third kappa shape index (κ3) is 5.28. The molecule has 0 spiro atoms. The normalized spacial score (nSPS) is 14.2. The predicted octanol–water partition coefficient (Wildman–Crippen LogP) is 5.13. The van der Waals surface area contributed by atoms with Gasteiger partial charge in [-0.25, -0.2) is 0 Å². The molecule has 0 saturated carbocycles. The third-order valence-corrected chi connectivity index (χ3v) is 3.65. The van der Waals surface area contributed by atoms with Gasteiger partial charge in [0.1, 0.15) is 23.2 Å². The van der Waals surface area contributed by atoms with E-state index in [1.54, 1.807) is 0 Å². The first-order valence-corrected chi connectivity index (χ1v) is 8.46. The Hall–Kier alpha value is -1.48. The molecular weight excluding hydrogens is 286 g/mol. The van der Waals surface area contributed by atoms with Crippen LogP contribution in [-0.2, 0) is 5.41 Å². The van der Waals surface area contributed by atoms with Crippen molar-refractivity contribution in [3.8, 4) is 5.75 Å². The first kappa shape index (κ1) is 17.9. The lowest BCUT2D eigenvalue weighted by Crippen LogP contribution is -2.34. The van der Waals surface area contributed by atoms with Crippen molar-refractivity contribution in [3.63, 3.8) is 0 Å². The van der Waals surface area contributed by atoms with E-state index in [1.807, 2.05) is 12.1 Å². The van der Waals surface area contributed by atoms with Crippen molar-refractivity contribution in [1.82, 2.24) is 5.32 Å². The molecule has 23 heavy (non-hydrogen) atoms. The quantitative estimate of drug-likeness (QED) is 0.830. The van der Waals surface area contributed by atoms with Gasteiger partial charge in [0.05, 0.1) is 0 Å². The Labute approximate surface area is 140 Å². The van der Waals surface area contributed by atoms with Crippen LogP contribution in [0.5, 0.6) is 5.75 Å². The van der Waals surface area contributed by atoms with Crippen LogP contribution in [0.4, 0.5) is 0 Å². The molecular formula is C20H31NO2. The summed E-state index contributed by atoms with van der Waals surface area (Å²) in [5, 5.41) is 4.56. The third-order valence-electron chi connectivity index (χ3n) is 3.65. The predicted molar refractivity (Wildman–Crippen MR) is 97.3 cm³/mol. The summed E-state index contributed by atoms with van der Waals surface area (Å²) < 4.78 is 12.0. The van der Waals surface area contributed by atoms with Gasteiger partial charge in [-0.3, -0.25) is 0 Å². The fourth-order valence-corrected chi connectivity index (χ4v) is 2.39. The second-order valence-electron chi connectivity index (χ2n) is 8.68. The number of hydrogen-bond donors (Lipinski definition) is 1. The van der Waals surface area contributed by atoms with Crippen LogP contribution in [0, 0.1) is 5.41 Å². The molecule has 0 saturated heterocycles. The van der Waals surface area contributed by atoms with Gasteiger partial charge in [-0.1, -0.05) is 41.5 Å². The molecule has 0 aliphatic heterocycles. The van der Waals surface area contributed by atoms with Crippen molar-refractivity contribution in [1.29, 1.82) is 0 Å². The summed E-state index contributed by atoms with van der Waals surface area (Å²) >= 11 is 0. The van der Waals surface area contributed by atoms with Crippen LogP contribution in [0.15, 0.2) is 28.7 Å². The molecule has 128 valence electrons. The van der Waals surface area contributed by atoms with Gasteiger partial charge in [0.2, 0.25) is 0 Å². The van der Waals surface area contributed by atoms with Gasteiger partial charge < -0.3 is 14.5 Å². The Morgan fingerprint density at radius 1 is 1.09 bits per heavy atom. The zero-order valence-corrected chi connectivity index (χ0v) is 15.6. The van der Waals surface area contributed by atoms with Crippen molar-refractivity contribution >= 4 is 11.0 Å². The van der Waals surface area contributed by atoms with Gasteiger partial charge >= 0.3 is 0 Å². The number of furan rings is 1. The van der Waals surface area contributed by atoms with Crippen LogP contribution in [-0.4, -0.2) is 19.2 Å². The molecule has 3 nitrogen and oxygen atoms in total. The van der Waals surface area contributed by atoms with E-state index in [4.69, 9.17) is 9.15 Å². The Bertz CT molecular complexity index is 644. The molecule has 2 aromatic rings. The number of fused-ring (bicyclic) bond motifs is 1. The number of nitrogens with one attached hydrogen (secondary N) is 1. The first-order chi connectivity index (χ1) is 10.5. The standard InChI is InChI=1S/C20H31NO2/c1-14(12-21-13-19(2,3)4)22-16-8-9-17-15(10-16)11-18(23-17)20(5,6)7/h8-11,14,21H,12-13H2,1-7H3/t14-/m1/s1. The van der Waals surface area contributed by atoms with E-state index in [0.29, 0.717) is 5.41 Å². The van der Waals surface area contributed by atoms with Gasteiger partial charge in [0.25, 0.3) is 0 Å². The highest BCUT2D eigenvalue weighted by molar-refractivity contribution is 5.79. The lowest BCUT2D eigenvalue weighted by Gasteiger charge is -2.21. The zero-order valence-electron chi connectivity index (χ0n) is 15.6. The van der Waals surface area contributed by atoms with Crippen molar-refractivity contribution in [3.05, 3.63) is 30.0 Å². The monoisotopic (exact) mass is 317 g/mol. The van der Waals surface area contributed by atoms with Gasteiger partial charge in [-0.2, -0.15) is 0 Å². The molecule has 1 N–H and O–H groups in total. The molecule has 0 radical (unpaired) electrons. The van der Waals surface area contributed by atoms with Crippen LogP contribution < -0.4 is 10.1 Å². The molecule has 0 unspecified atom stereocenters. The van der Waals surface area contributed by atoms with Crippen molar-refractivity contribution in [2.75, 3.05) is 13.1 Å². The van der Waals surface area contributed by atoms with E-state index < -0.39 is 0 Å². The fourth-order valence-electron chi connectivity index (χ4n) is 2.39. The van der Waals surface area contributed by atoms with Crippen molar-refractivity contribution in [2.45, 2.75) is 60.0 Å². The molecule has 2 rings (SSSR count). The van der Waals surface area contributed by atoms with E-state index in [0.717, 1.165) is 35.6 Å². The van der Waals surface area contributed by atoms with E-state index >= 15 is 0 Å². The van der Waals surface area contributed by atoms with Crippen LogP contribution in [0.2, 0.25) is 0 Å². The molecule has 0 aliphatic carbocycles. The molecule has 0 bridgehead atoms. The second-order valence-corrected chi connectivity index (χ2v) is 8.68. The van der Waals surface area contributed by atoms with Gasteiger partial charge in [-0.15, -0.1) is 0 Å². The molecule has 1 atom stereocenters. The Balaban J connectivity index is 2.00. The van der Waals surface area contributed by atoms with E-state index in [-0.39, 0.29) is 11.5 Å². The summed E-state index contributed by atoms with van der Waals surface area (Å²) in [6, 6.07) is 8.16. The molecule has 0 amide bonds. The summed E-state index contributed by atoms with van der Waals surface area (Å²) in [5.41, 5.74) is 1.23. The zero-order chi connectivity index (χ0) is 17.3. The van der Waals surface area contributed by atoms with E-state index in [2.05, 4.69) is 65.9 Å². The van der Waals surface area contributed by atoms with Crippen LogP contribution >= 0.6 is 0 Å². The summed E-state index contributed by atoms with van der Waals surface area (Å²) in [7, 11) is 0. The highest BCUT2D eigenvalue weighted by Gasteiger charge is 2.19. The average Bonchev–Trinajstić information content (AvgIpc) is 2.80. The smallest absolute Gasteiger partial charge is 0.134 e. The van der Waals surface area contributed by atoms with E-state index in [1.165, 1.54) is 0 Å². The fraction of sp³-hybridized carbons (Fsp3) is 0.600. The Morgan fingerprint density at radius 3 is 2.39 bits per heavy atom. The summed E-state index contributed by atoms with van der Waals surface area (Å²) in [6.45, 7) is 17.1. The van der Waals surface area contributed by atoms with E-state index in [9.17, 15) is 0 Å². The van der Waals surface area contributed by atoms with Crippen molar-refractivity contribution in [2.24, 2.45) is 5.41 Å². The topological polar surface area (TPSA) is 34.4 Å². The van der Waals surface area contributed by atoms with Crippen LogP contribution in [0.3, 0.4) is 0 Å². The molecule has 1 aromatic carbocycles. The van der Waals surface area contributed by atoms with Gasteiger partial charge in [0, 0.05) is 23.9 Å². The SMILES string of the molecule is C[C@H](CNCC(C)(C)C)Oc1ccc2oc(C(C)(C)C)cc2c1. The summed E-state index contributed by atoms with van der Waals surface area (Å²) in [6.07, 6.45) is 0.129. The minimum atomic E-state index is 0.0181. The summed E-state index contributed by atoms with van der Waals surface area (Å²) in [5.74, 6) is 1.90. The lowest BCUT2D eigenvalue weighted by molar-refractivity contribution is 0.210. The highest BCUT2D eigenvalue weighted by Crippen LogP contribution is 2.31.